The molecule has 5 nitrogen and oxygen atoms in total. The standard InChI is InChI=1S/C10H15N3O2/c1-14-8-6-12-9(13-10(8)15-2)7-4-3-5-11-7/h6-7,11H,3-5H2,1-2H3. The fourth-order valence-electron chi connectivity index (χ4n) is 1.73. The maximum Gasteiger partial charge on any atom is 0.260 e. The van der Waals surface area contributed by atoms with Crippen LogP contribution in [0.25, 0.3) is 0 Å². The number of nitrogens with zero attached hydrogens (tertiary/aromatic N) is 2. The smallest absolute Gasteiger partial charge is 0.260 e. The van der Waals surface area contributed by atoms with E-state index in [0.29, 0.717) is 11.6 Å². The first kappa shape index (κ1) is 10.2. The monoisotopic (exact) mass is 209 g/mol. The van der Waals surface area contributed by atoms with Gasteiger partial charge in [-0.25, -0.2) is 4.98 Å². The molecule has 2 heterocycles. The van der Waals surface area contributed by atoms with Gasteiger partial charge in [0.25, 0.3) is 5.88 Å². The highest BCUT2D eigenvalue weighted by Gasteiger charge is 2.20. The molecule has 1 aromatic heterocycles. The summed E-state index contributed by atoms with van der Waals surface area (Å²) in [6.45, 7) is 1.03. The van der Waals surface area contributed by atoms with E-state index in [4.69, 9.17) is 9.47 Å². The van der Waals surface area contributed by atoms with Gasteiger partial charge in [0, 0.05) is 0 Å². The van der Waals surface area contributed by atoms with Crippen molar-refractivity contribution in [1.29, 1.82) is 0 Å². The zero-order valence-corrected chi connectivity index (χ0v) is 8.99. The summed E-state index contributed by atoms with van der Waals surface area (Å²) < 4.78 is 10.2. The average molecular weight is 209 g/mol. The van der Waals surface area contributed by atoms with E-state index in [1.165, 1.54) is 6.42 Å². The van der Waals surface area contributed by atoms with Gasteiger partial charge in [-0.3, -0.25) is 0 Å². The second-order valence-electron chi connectivity index (χ2n) is 3.45. The topological polar surface area (TPSA) is 56.3 Å². The molecule has 0 saturated carbocycles. The van der Waals surface area contributed by atoms with Crippen LogP contribution in [0, 0.1) is 0 Å². The first-order valence-corrected chi connectivity index (χ1v) is 5.03. The molecule has 0 aromatic carbocycles. The molecular weight excluding hydrogens is 194 g/mol. The van der Waals surface area contributed by atoms with E-state index < -0.39 is 0 Å². The number of nitrogens with one attached hydrogen (secondary N) is 1. The van der Waals surface area contributed by atoms with Crippen LogP contribution in [0.2, 0.25) is 0 Å². The molecule has 1 atom stereocenters. The third kappa shape index (κ3) is 2.02. The maximum absolute atomic E-state index is 5.13. The van der Waals surface area contributed by atoms with Crippen LogP contribution in [0.4, 0.5) is 0 Å². The fraction of sp³-hybridized carbons (Fsp3) is 0.600. The number of aromatic nitrogens is 2. The van der Waals surface area contributed by atoms with Gasteiger partial charge < -0.3 is 14.8 Å². The second-order valence-corrected chi connectivity index (χ2v) is 3.45. The summed E-state index contributed by atoms with van der Waals surface area (Å²) in [4.78, 5) is 8.58. The third-order valence-electron chi connectivity index (χ3n) is 2.53. The molecular formula is C10H15N3O2. The van der Waals surface area contributed by atoms with Crippen molar-refractivity contribution in [3.05, 3.63) is 12.0 Å². The maximum atomic E-state index is 5.13. The highest BCUT2D eigenvalue weighted by atomic mass is 16.5. The van der Waals surface area contributed by atoms with Crippen molar-refractivity contribution in [1.82, 2.24) is 15.3 Å². The molecule has 2 rings (SSSR count). The first-order valence-electron chi connectivity index (χ1n) is 5.03. The number of hydrogen-bond donors (Lipinski definition) is 1. The van der Waals surface area contributed by atoms with E-state index in [1.807, 2.05) is 0 Å². The molecule has 0 bridgehead atoms. The number of ether oxygens (including phenoxy) is 2. The minimum Gasteiger partial charge on any atom is -0.490 e. The van der Waals surface area contributed by atoms with Gasteiger partial charge in [-0.05, 0) is 19.4 Å². The van der Waals surface area contributed by atoms with Crippen molar-refractivity contribution >= 4 is 0 Å². The highest BCUT2D eigenvalue weighted by molar-refractivity contribution is 5.31. The van der Waals surface area contributed by atoms with Crippen molar-refractivity contribution in [3.8, 4) is 11.6 Å². The molecule has 1 aliphatic rings. The predicted octanol–water partition coefficient (Wildman–Crippen LogP) is 0.918. The fourth-order valence-corrected chi connectivity index (χ4v) is 1.73. The second kappa shape index (κ2) is 4.44. The third-order valence-corrected chi connectivity index (χ3v) is 2.53. The van der Waals surface area contributed by atoms with Gasteiger partial charge in [-0.15, -0.1) is 0 Å². The Balaban J connectivity index is 2.25. The van der Waals surface area contributed by atoms with Gasteiger partial charge in [0.05, 0.1) is 26.5 Å². The van der Waals surface area contributed by atoms with Crippen molar-refractivity contribution in [2.75, 3.05) is 20.8 Å². The normalized spacial score (nSPS) is 20.3. The average Bonchev–Trinajstić information content (AvgIpc) is 2.81. The molecule has 1 unspecified atom stereocenters. The number of hydrogen-bond acceptors (Lipinski definition) is 5. The van der Waals surface area contributed by atoms with Crippen LogP contribution in [0.3, 0.4) is 0 Å². The summed E-state index contributed by atoms with van der Waals surface area (Å²) in [5.74, 6) is 1.85. The zero-order valence-electron chi connectivity index (χ0n) is 8.99. The number of rotatable bonds is 3. The Morgan fingerprint density at radius 2 is 2.27 bits per heavy atom. The molecule has 0 spiro atoms. The minimum atomic E-state index is 0.254. The van der Waals surface area contributed by atoms with E-state index in [2.05, 4.69) is 15.3 Å². The summed E-state index contributed by atoms with van der Waals surface area (Å²) >= 11 is 0. The molecule has 1 aromatic rings. The lowest BCUT2D eigenvalue weighted by Crippen LogP contribution is -2.16. The van der Waals surface area contributed by atoms with Crippen molar-refractivity contribution in [3.63, 3.8) is 0 Å². The Kier molecular flexibility index (Phi) is 3.01. The Hall–Kier alpha value is -1.36. The van der Waals surface area contributed by atoms with E-state index >= 15 is 0 Å². The number of methoxy groups -OCH3 is 2. The van der Waals surface area contributed by atoms with Gasteiger partial charge in [0.15, 0.2) is 5.75 Å². The van der Waals surface area contributed by atoms with Crippen LogP contribution >= 0.6 is 0 Å². The Morgan fingerprint density at radius 3 is 2.87 bits per heavy atom. The van der Waals surface area contributed by atoms with Gasteiger partial charge in [0.2, 0.25) is 0 Å². The molecule has 82 valence electrons. The lowest BCUT2D eigenvalue weighted by Gasteiger charge is -2.11. The van der Waals surface area contributed by atoms with Gasteiger partial charge >= 0.3 is 0 Å². The molecule has 1 saturated heterocycles. The SMILES string of the molecule is COc1cnc(C2CCCN2)nc1OC. The summed E-state index contributed by atoms with van der Waals surface area (Å²) in [5.41, 5.74) is 0. The van der Waals surface area contributed by atoms with Crippen LogP contribution in [-0.4, -0.2) is 30.7 Å². The van der Waals surface area contributed by atoms with E-state index in [-0.39, 0.29) is 6.04 Å². The van der Waals surface area contributed by atoms with Gasteiger partial charge in [0.1, 0.15) is 5.82 Å². The summed E-state index contributed by atoms with van der Waals surface area (Å²) in [6, 6.07) is 0.254. The van der Waals surface area contributed by atoms with Gasteiger partial charge in [-0.1, -0.05) is 0 Å². The van der Waals surface area contributed by atoms with Crippen LogP contribution < -0.4 is 14.8 Å². The summed E-state index contributed by atoms with van der Waals surface area (Å²) in [6.07, 6.45) is 3.90. The predicted molar refractivity (Wildman–Crippen MR) is 55.1 cm³/mol. The molecule has 5 heteroatoms. The lowest BCUT2D eigenvalue weighted by molar-refractivity contribution is 0.337. The zero-order chi connectivity index (χ0) is 10.7. The Morgan fingerprint density at radius 1 is 1.40 bits per heavy atom. The van der Waals surface area contributed by atoms with Crippen molar-refractivity contribution in [2.24, 2.45) is 0 Å². The summed E-state index contributed by atoms with van der Waals surface area (Å²) in [5, 5.41) is 3.34. The molecule has 15 heavy (non-hydrogen) atoms. The molecule has 0 radical (unpaired) electrons. The first-order chi connectivity index (χ1) is 7.35. The van der Waals surface area contributed by atoms with Crippen LogP contribution in [0.15, 0.2) is 6.20 Å². The quantitative estimate of drug-likeness (QED) is 0.802. The van der Waals surface area contributed by atoms with Crippen LogP contribution in [-0.2, 0) is 0 Å². The van der Waals surface area contributed by atoms with Crippen molar-refractivity contribution in [2.45, 2.75) is 18.9 Å². The Bertz CT molecular complexity index is 337. The molecule has 1 fully saturated rings. The Labute approximate surface area is 88.8 Å². The van der Waals surface area contributed by atoms with E-state index in [9.17, 15) is 0 Å². The molecule has 1 N–H and O–H groups in total. The highest BCUT2D eigenvalue weighted by Crippen LogP contribution is 2.26. The van der Waals surface area contributed by atoms with Crippen LogP contribution in [0.5, 0.6) is 11.6 Å². The largest absolute Gasteiger partial charge is 0.490 e. The molecule has 0 aliphatic carbocycles. The summed E-state index contributed by atoms with van der Waals surface area (Å²) in [7, 11) is 3.16. The lowest BCUT2D eigenvalue weighted by atomic mass is 10.2. The van der Waals surface area contributed by atoms with E-state index in [1.54, 1.807) is 20.4 Å². The van der Waals surface area contributed by atoms with Crippen LogP contribution in [0.1, 0.15) is 24.7 Å². The minimum absolute atomic E-state index is 0.254. The van der Waals surface area contributed by atoms with Crippen molar-refractivity contribution < 1.29 is 9.47 Å². The van der Waals surface area contributed by atoms with Gasteiger partial charge in [-0.2, -0.15) is 4.98 Å². The van der Waals surface area contributed by atoms with E-state index in [0.717, 1.165) is 18.8 Å². The molecule has 0 amide bonds. The molecule has 1 aliphatic heterocycles.